The van der Waals surface area contributed by atoms with Crippen LogP contribution in [0.3, 0.4) is 0 Å². The quantitative estimate of drug-likeness (QED) is 0.502. The largest absolute Gasteiger partial charge is 0.396 e. The Bertz CT molecular complexity index is 547. The lowest BCUT2D eigenvalue weighted by molar-refractivity contribution is -0.385. The number of nitrogens with zero attached hydrogens (tertiary/aromatic N) is 2. The normalized spacial score (nSPS) is 18.6. The van der Waals surface area contributed by atoms with Gasteiger partial charge in [-0.05, 0) is 18.4 Å². The molecule has 7 heteroatoms. The molecule has 1 unspecified atom stereocenters. The molecule has 0 spiro atoms. The molecule has 6 nitrogen and oxygen atoms in total. The van der Waals surface area contributed by atoms with E-state index in [1.54, 1.807) is 0 Å². The molecule has 1 aromatic carbocycles. The second-order valence-corrected chi connectivity index (χ2v) is 4.79. The maximum Gasteiger partial charge on any atom is 0.285 e. The number of carbonyl (C=O) groups is 1. The van der Waals surface area contributed by atoms with Gasteiger partial charge < -0.3 is 10.6 Å². The predicted molar refractivity (Wildman–Crippen MR) is 67.2 cm³/mol. The number of benzene rings is 1. The number of nitrogen functional groups attached to an aromatic ring is 1. The van der Waals surface area contributed by atoms with E-state index in [0.29, 0.717) is 25.1 Å². The van der Waals surface area contributed by atoms with E-state index in [4.69, 9.17) is 5.73 Å². The number of anilines is 1. The van der Waals surface area contributed by atoms with Crippen LogP contribution >= 0.6 is 0 Å². The number of halogens is 1. The maximum absolute atomic E-state index is 13.3. The molecule has 1 aliphatic heterocycles. The van der Waals surface area contributed by atoms with Crippen LogP contribution in [0.15, 0.2) is 12.1 Å². The van der Waals surface area contributed by atoms with Crippen LogP contribution in [0.4, 0.5) is 15.8 Å². The van der Waals surface area contributed by atoms with Crippen LogP contribution in [0, 0.1) is 21.8 Å². The Morgan fingerprint density at radius 1 is 1.58 bits per heavy atom. The average Bonchev–Trinajstić information content (AvgIpc) is 2.77. The Morgan fingerprint density at radius 3 is 2.79 bits per heavy atom. The highest BCUT2D eigenvalue weighted by molar-refractivity contribution is 5.99. The number of hydrogen-bond acceptors (Lipinski definition) is 4. The molecular formula is C12H14FN3O3. The number of nitro benzene ring substituents is 1. The zero-order valence-electron chi connectivity index (χ0n) is 10.4. The minimum Gasteiger partial charge on any atom is -0.396 e. The molecule has 1 fully saturated rings. The molecule has 1 saturated heterocycles. The predicted octanol–water partition coefficient (Wildman–Crippen LogP) is 1.80. The molecule has 0 aromatic heterocycles. The second kappa shape index (κ2) is 4.83. The fraction of sp³-hybridized carbons (Fsp3) is 0.417. The maximum atomic E-state index is 13.3. The van der Waals surface area contributed by atoms with Crippen LogP contribution in [-0.4, -0.2) is 28.8 Å². The van der Waals surface area contributed by atoms with Crippen molar-refractivity contribution in [2.45, 2.75) is 13.3 Å². The first-order chi connectivity index (χ1) is 8.90. The van der Waals surface area contributed by atoms with Crippen LogP contribution in [-0.2, 0) is 0 Å². The molecule has 19 heavy (non-hydrogen) atoms. The van der Waals surface area contributed by atoms with Gasteiger partial charge >= 0.3 is 0 Å². The molecule has 102 valence electrons. The summed E-state index contributed by atoms with van der Waals surface area (Å²) in [4.78, 5) is 23.9. The zero-order chi connectivity index (χ0) is 14.2. The first kappa shape index (κ1) is 13.3. The Balaban J connectivity index is 2.40. The second-order valence-electron chi connectivity index (χ2n) is 4.79. The zero-order valence-corrected chi connectivity index (χ0v) is 10.4. The van der Waals surface area contributed by atoms with E-state index in [2.05, 4.69) is 0 Å². The number of rotatable bonds is 2. The summed E-state index contributed by atoms with van der Waals surface area (Å²) in [6.07, 6.45) is 0.857. The molecule has 0 saturated carbocycles. The van der Waals surface area contributed by atoms with Crippen molar-refractivity contribution in [1.82, 2.24) is 4.90 Å². The Labute approximate surface area is 109 Å². The summed E-state index contributed by atoms with van der Waals surface area (Å²) in [6.45, 7) is 3.10. The number of nitrogens with two attached hydrogens (primary N) is 1. The van der Waals surface area contributed by atoms with Gasteiger partial charge in [0.05, 0.1) is 16.7 Å². The number of nitro groups is 1. The third-order valence-corrected chi connectivity index (χ3v) is 3.25. The van der Waals surface area contributed by atoms with Gasteiger partial charge in [-0.25, -0.2) is 4.39 Å². The summed E-state index contributed by atoms with van der Waals surface area (Å²) in [5.41, 5.74) is 4.42. The molecule has 1 aliphatic rings. The van der Waals surface area contributed by atoms with Gasteiger partial charge in [0.25, 0.3) is 11.6 Å². The number of amides is 1. The van der Waals surface area contributed by atoms with Gasteiger partial charge in [-0.15, -0.1) is 0 Å². The highest BCUT2D eigenvalue weighted by Crippen LogP contribution is 2.27. The van der Waals surface area contributed by atoms with Crippen LogP contribution in [0.5, 0.6) is 0 Å². The van der Waals surface area contributed by atoms with Crippen molar-refractivity contribution in [3.05, 3.63) is 33.6 Å². The summed E-state index contributed by atoms with van der Waals surface area (Å²) < 4.78 is 13.3. The summed E-state index contributed by atoms with van der Waals surface area (Å²) in [7, 11) is 0. The monoisotopic (exact) mass is 267 g/mol. The molecule has 2 N–H and O–H groups in total. The number of carbonyl (C=O) groups excluding carboxylic acids is 1. The van der Waals surface area contributed by atoms with E-state index in [-0.39, 0.29) is 11.3 Å². The standard InChI is InChI=1S/C12H14FN3O3/c1-7-2-3-15(6-7)12(17)8-4-10(14)9(13)5-11(8)16(18)19/h4-5,7H,2-3,6,14H2,1H3. The third kappa shape index (κ3) is 2.49. The lowest BCUT2D eigenvalue weighted by Crippen LogP contribution is -2.29. The Morgan fingerprint density at radius 2 is 2.26 bits per heavy atom. The van der Waals surface area contributed by atoms with Crippen LogP contribution in [0.2, 0.25) is 0 Å². The van der Waals surface area contributed by atoms with E-state index in [9.17, 15) is 19.3 Å². The summed E-state index contributed by atoms with van der Waals surface area (Å²) in [6, 6.07) is 1.74. The van der Waals surface area contributed by atoms with Gasteiger partial charge in [-0.2, -0.15) is 0 Å². The van der Waals surface area contributed by atoms with Gasteiger partial charge in [-0.3, -0.25) is 14.9 Å². The van der Waals surface area contributed by atoms with Crippen LogP contribution in [0.25, 0.3) is 0 Å². The van der Waals surface area contributed by atoms with Gasteiger partial charge in [0.2, 0.25) is 0 Å². The van der Waals surface area contributed by atoms with E-state index in [1.807, 2.05) is 6.92 Å². The summed E-state index contributed by atoms with van der Waals surface area (Å²) in [5, 5.41) is 10.9. The van der Waals surface area contributed by atoms with Crippen molar-refractivity contribution < 1.29 is 14.1 Å². The minimum atomic E-state index is -0.891. The molecule has 2 rings (SSSR count). The Hall–Kier alpha value is -2.18. The Kier molecular flexibility index (Phi) is 3.37. The third-order valence-electron chi connectivity index (χ3n) is 3.25. The first-order valence-electron chi connectivity index (χ1n) is 5.93. The molecule has 0 aliphatic carbocycles. The lowest BCUT2D eigenvalue weighted by atomic mass is 10.1. The smallest absolute Gasteiger partial charge is 0.285 e. The molecule has 1 atom stereocenters. The molecule has 1 heterocycles. The number of hydrogen-bond donors (Lipinski definition) is 1. The van der Waals surface area contributed by atoms with E-state index in [1.165, 1.54) is 4.90 Å². The van der Waals surface area contributed by atoms with Crippen molar-refractivity contribution in [2.75, 3.05) is 18.8 Å². The molecule has 0 bridgehead atoms. The van der Waals surface area contributed by atoms with E-state index < -0.39 is 22.3 Å². The fourth-order valence-electron chi connectivity index (χ4n) is 2.19. The van der Waals surface area contributed by atoms with Crippen molar-refractivity contribution in [1.29, 1.82) is 0 Å². The van der Waals surface area contributed by atoms with E-state index >= 15 is 0 Å². The SMILES string of the molecule is CC1CCN(C(=O)c2cc(N)c(F)cc2[N+](=O)[O-])C1. The van der Waals surface area contributed by atoms with Gasteiger partial charge in [0, 0.05) is 13.1 Å². The van der Waals surface area contributed by atoms with Crippen molar-refractivity contribution in [3.8, 4) is 0 Å². The topological polar surface area (TPSA) is 89.5 Å². The van der Waals surface area contributed by atoms with Crippen molar-refractivity contribution in [2.24, 2.45) is 5.92 Å². The fourth-order valence-corrected chi connectivity index (χ4v) is 2.19. The van der Waals surface area contributed by atoms with Gasteiger partial charge in [0.15, 0.2) is 5.82 Å². The molecular weight excluding hydrogens is 253 g/mol. The highest BCUT2D eigenvalue weighted by Gasteiger charge is 2.30. The summed E-state index contributed by atoms with van der Waals surface area (Å²) in [5.74, 6) is -0.999. The highest BCUT2D eigenvalue weighted by atomic mass is 19.1. The first-order valence-corrected chi connectivity index (χ1v) is 5.93. The molecule has 1 amide bonds. The molecule has 0 radical (unpaired) electrons. The van der Waals surface area contributed by atoms with Crippen LogP contribution < -0.4 is 5.73 Å². The average molecular weight is 267 g/mol. The molecule has 1 aromatic rings. The number of likely N-dealkylation sites (tertiary alicyclic amines) is 1. The van der Waals surface area contributed by atoms with Crippen molar-refractivity contribution in [3.63, 3.8) is 0 Å². The summed E-state index contributed by atoms with van der Waals surface area (Å²) >= 11 is 0. The van der Waals surface area contributed by atoms with Gasteiger partial charge in [0.1, 0.15) is 5.56 Å². The van der Waals surface area contributed by atoms with Crippen molar-refractivity contribution >= 4 is 17.3 Å². The van der Waals surface area contributed by atoms with Gasteiger partial charge in [-0.1, -0.05) is 6.92 Å². The lowest BCUT2D eigenvalue weighted by Gasteiger charge is -2.16. The van der Waals surface area contributed by atoms with E-state index in [0.717, 1.165) is 12.5 Å². The minimum absolute atomic E-state index is 0.155. The van der Waals surface area contributed by atoms with Crippen LogP contribution in [0.1, 0.15) is 23.7 Å².